The summed E-state index contributed by atoms with van der Waals surface area (Å²) in [6.45, 7) is 19.6. The normalized spacial score (nSPS) is 17.3. The van der Waals surface area contributed by atoms with Crippen LogP contribution in [0.25, 0.3) is 0 Å². The molecule has 0 fully saturated rings. The summed E-state index contributed by atoms with van der Waals surface area (Å²) >= 11 is 0. The van der Waals surface area contributed by atoms with Crippen molar-refractivity contribution in [3.63, 3.8) is 0 Å². The summed E-state index contributed by atoms with van der Waals surface area (Å²) in [4.78, 5) is 0. The van der Waals surface area contributed by atoms with Crippen LogP contribution in [-0.2, 0) is 4.74 Å². The minimum absolute atomic E-state index is 0.232. The van der Waals surface area contributed by atoms with E-state index in [1.807, 2.05) is 7.11 Å². The van der Waals surface area contributed by atoms with E-state index in [0.29, 0.717) is 0 Å². The van der Waals surface area contributed by atoms with Gasteiger partial charge in [-0.1, -0.05) is 64.7 Å². The largest absolute Gasteiger partial charge is 0.385 e. The van der Waals surface area contributed by atoms with Crippen molar-refractivity contribution < 1.29 is 4.74 Å². The van der Waals surface area contributed by atoms with Crippen LogP contribution in [0, 0.1) is 0 Å². The van der Waals surface area contributed by atoms with E-state index in [1.165, 1.54) is 19.3 Å². The fourth-order valence-electron chi connectivity index (χ4n) is 2.84. The van der Waals surface area contributed by atoms with Crippen molar-refractivity contribution in [2.75, 3.05) is 13.7 Å². The molecule has 0 aliphatic carbocycles. The van der Waals surface area contributed by atoms with Crippen molar-refractivity contribution in [3.8, 4) is 0 Å². The zero-order chi connectivity index (χ0) is 14.4. The third kappa shape index (κ3) is 7.42. The molecule has 1 atom stereocenters. The average Bonchev–Trinajstić information content (AvgIpc) is 2.13. The van der Waals surface area contributed by atoms with Gasteiger partial charge in [-0.05, 0) is 6.42 Å². The zero-order valence-electron chi connectivity index (χ0n) is 14.2. The molecule has 110 valence electrons. The molecule has 0 aliphatic rings. The molecule has 0 aliphatic heterocycles. The van der Waals surface area contributed by atoms with Crippen molar-refractivity contribution in [2.45, 2.75) is 71.1 Å². The predicted octanol–water partition coefficient (Wildman–Crippen LogP) is 3.80. The van der Waals surface area contributed by atoms with Gasteiger partial charge >= 0.3 is 0 Å². The van der Waals surface area contributed by atoms with Crippen molar-refractivity contribution in [1.29, 1.82) is 0 Å². The van der Waals surface area contributed by atoms with Crippen molar-refractivity contribution in [2.24, 2.45) is 0 Å². The molecular weight excluding hydrogens is 284 g/mol. The smallest absolute Gasteiger partial charge is 0.0462 e. The maximum absolute atomic E-state index is 5.16. The Bertz CT molecular complexity index is 232. The minimum Gasteiger partial charge on any atom is -0.385 e. The van der Waals surface area contributed by atoms with Crippen LogP contribution >= 0.6 is 0 Å². The zero-order valence-corrected chi connectivity index (χ0v) is 18.6. The maximum atomic E-state index is 5.16. The minimum atomic E-state index is -0.885. The standard InChI is InChI=1S/C13H36OSi4/c1-14-12-10-9-11-13-18(8,17(5,6)7)15-16(2,3)4/h9-13,15H2,1-8H3. The number of rotatable bonds is 9. The van der Waals surface area contributed by atoms with E-state index in [9.17, 15) is 0 Å². The quantitative estimate of drug-likeness (QED) is 0.464. The van der Waals surface area contributed by atoms with E-state index in [4.69, 9.17) is 4.74 Å². The first-order valence-corrected chi connectivity index (χ1v) is 22.9. The highest BCUT2D eigenvalue weighted by Crippen LogP contribution is 2.27. The first kappa shape index (κ1) is 18.8. The summed E-state index contributed by atoms with van der Waals surface area (Å²) in [6.07, 6.45) is 4.13. The summed E-state index contributed by atoms with van der Waals surface area (Å²) in [5, 5.41) is 0. The fraction of sp³-hybridized carbons (Fsp3) is 1.00. The Hall–Kier alpha value is 0.828. The lowest BCUT2D eigenvalue weighted by atomic mass is 10.3. The van der Waals surface area contributed by atoms with Crippen LogP contribution in [0.3, 0.4) is 0 Å². The lowest BCUT2D eigenvalue weighted by molar-refractivity contribution is 0.192. The second-order valence-electron chi connectivity index (χ2n) is 8.35. The molecule has 5 heteroatoms. The maximum Gasteiger partial charge on any atom is 0.0462 e. The first-order chi connectivity index (χ1) is 8.02. The third-order valence-corrected chi connectivity index (χ3v) is 60.3. The van der Waals surface area contributed by atoms with Gasteiger partial charge in [0.05, 0.1) is 0 Å². The lowest BCUT2D eigenvalue weighted by Gasteiger charge is -2.42. The van der Waals surface area contributed by atoms with Crippen LogP contribution in [0.15, 0.2) is 0 Å². The number of unbranched alkanes of at least 4 members (excludes halogenated alkanes) is 2. The van der Waals surface area contributed by atoms with Crippen LogP contribution in [0.2, 0.25) is 51.9 Å². The summed E-state index contributed by atoms with van der Waals surface area (Å²) in [5.41, 5.74) is 0. The van der Waals surface area contributed by atoms with Crippen molar-refractivity contribution >= 4 is 30.8 Å². The Morgan fingerprint density at radius 1 is 0.833 bits per heavy atom. The fourth-order valence-corrected chi connectivity index (χ4v) is 76.4. The SMILES string of the molecule is COCCCCC[Si](C)([SiH2][Si](C)(C)C)[Si](C)(C)C. The molecule has 0 N–H and O–H groups in total. The molecule has 1 nitrogen and oxygen atoms in total. The Labute approximate surface area is 120 Å². The molecule has 0 spiro atoms. The number of hydrogen-bond donors (Lipinski definition) is 0. The van der Waals surface area contributed by atoms with Crippen molar-refractivity contribution in [3.05, 3.63) is 0 Å². The molecule has 0 saturated heterocycles. The van der Waals surface area contributed by atoms with Gasteiger partial charge < -0.3 is 4.74 Å². The molecule has 1 unspecified atom stereocenters. The Kier molecular flexibility index (Phi) is 7.92. The van der Waals surface area contributed by atoms with Gasteiger partial charge in [-0.25, -0.2) is 0 Å². The van der Waals surface area contributed by atoms with E-state index < -0.39 is 22.3 Å². The highest BCUT2D eigenvalue weighted by atomic mass is 29.8. The highest BCUT2D eigenvalue weighted by molar-refractivity contribution is 7.72. The average molecular weight is 321 g/mol. The number of methoxy groups -OCH3 is 1. The van der Waals surface area contributed by atoms with Crippen LogP contribution in [0.1, 0.15) is 19.3 Å². The van der Waals surface area contributed by atoms with Gasteiger partial charge in [0.15, 0.2) is 0 Å². The van der Waals surface area contributed by atoms with Gasteiger partial charge in [0.2, 0.25) is 0 Å². The Balaban J connectivity index is 4.42. The summed E-state index contributed by atoms with van der Waals surface area (Å²) in [6, 6.07) is 1.63. The molecule has 0 aromatic heterocycles. The van der Waals surface area contributed by atoms with Gasteiger partial charge in [-0.15, -0.1) is 0 Å². The molecule has 18 heavy (non-hydrogen) atoms. The molecule has 0 aromatic rings. The van der Waals surface area contributed by atoms with E-state index in [2.05, 4.69) is 45.8 Å². The molecule has 0 bridgehead atoms. The van der Waals surface area contributed by atoms with Crippen LogP contribution in [0.4, 0.5) is 0 Å². The number of ether oxygens (including phenoxy) is 1. The molecular formula is C13H36OSi4. The van der Waals surface area contributed by atoms with E-state index in [1.54, 1.807) is 6.04 Å². The van der Waals surface area contributed by atoms with Gasteiger partial charge in [-0.3, -0.25) is 0 Å². The van der Waals surface area contributed by atoms with Crippen LogP contribution in [0.5, 0.6) is 0 Å². The molecule has 0 radical (unpaired) electrons. The van der Waals surface area contributed by atoms with Gasteiger partial charge in [0, 0.05) is 44.6 Å². The summed E-state index contributed by atoms with van der Waals surface area (Å²) in [5.74, 6) is 0. The predicted molar refractivity (Wildman–Crippen MR) is 97.4 cm³/mol. The van der Waals surface area contributed by atoms with Crippen molar-refractivity contribution in [1.82, 2.24) is 0 Å². The van der Waals surface area contributed by atoms with Crippen LogP contribution < -0.4 is 0 Å². The van der Waals surface area contributed by atoms with Gasteiger partial charge in [-0.2, -0.15) is 0 Å². The Morgan fingerprint density at radius 3 is 1.78 bits per heavy atom. The number of hydrogen-bond acceptors (Lipinski definition) is 1. The van der Waals surface area contributed by atoms with E-state index in [-0.39, 0.29) is 8.55 Å². The monoisotopic (exact) mass is 320 g/mol. The van der Waals surface area contributed by atoms with Gasteiger partial charge in [0.25, 0.3) is 0 Å². The van der Waals surface area contributed by atoms with Gasteiger partial charge in [0.1, 0.15) is 0 Å². The third-order valence-electron chi connectivity index (χ3n) is 4.31. The lowest BCUT2D eigenvalue weighted by Crippen LogP contribution is -2.65. The highest BCUT2D eigenvalue weighted by Gasteiger charge is 2.43. The molecule has 0 aromatic carbocycles. The second-order valence-corrected chi connectivity index (χ2v) is 47.5. The molecule has 0 heterocycles. The Morgan fingerprint density at radius 2 is 1.39 bits per heavy atom. The first-order valence-electron chi connectivity index (χ1n) is 7.51. The summed E-state index contributed by atoms with van der Waals surface area (Å²) < 4.78 is 5.16. The molecule has 0 saturated carbocycles. The molecule has 0 rings (SSSR count). The van der Waals surface area contributed by atoms with E-state index in [0.717, 1.165) is 6.61 Å². The topological polar surface area (TPSA) is 9.23 Å². The second kappa shape index (κ2) is 7.57. The van der Waals surface area contributed by atoms with Crippen LogP contribution in [-0.4, -0.2) is 44.6 Å². The summed E-state index contributed by atoms with van der Waals surface area (Å²) in [7, 11) is -0.450. The van der Waals surface area contributed by atoms with E-state index >= 15 is 0 Å². The molecule has 0 amide bonds.